The van der Waals surface area contributed by atoms with Crippen molar-refractivity contribution in [2.45, 2.75) is 63.7 Å². The zero-order valence-electron chi connectivity index (χ0n) is 19.7. The summed E-state index contributed by atoms with van der Waals surface area (Å²) in [5.74, 6) is 2.27. The van der Waals surface area contributed by atoms with E-state index in [0.29, 0.717) is 48.8 Å². The molecule has 0 spiro atoms. The highest BCUT2D eigenvalue weighted by Gasteiger charge is 2.39. The number of piperidine rings is 1. The normalized spacial score (nSPS) is 17.7. The number of hydrogen-bond acceptors (Lipinski definition) is 6. The lowest BCUT2D eigenvalue weighted by atomic mass is 9.80. The van der Waals surface area contributed by atoms with E-state index in [1.54, 1.807) is 29.4 Å². The quantitative estimate of drug-likeness (QED) is 0.554. The van der Waals surface area contributed by atoms with Crippen molar-refractivity contribution in [1.29, 1.82) is 0 Å². The number of aromatic nitrogens is 4. The number of nitrogens with one attached hydrogen (secondary N) is 1. The first-order valence-corrected chi connectivity index (χ1v) is 11.8. The van der Waals surface area contributed by atoms with Crippen molar-refractivity contribution in [3.8, 4) is 11.1 Å². The van der Waals surface area contributed by atoms with Gasteiger partial charge in [-0.1, -0.05) is 38.1 Å². The molecular formula is C25H29FN6O2. The number of urea groups is 1. The molecule has 0 atom stereocenters. The van der Waals surface area contributed by atoms with Crippen molar-refractivity contribution in [1.82, 2.24) is 25.0 Å². The SMILES string of the molecule is CC(C)c1ncc(-c2cccc(F)c2NC(=O)N2CCC(C)(c3noc(C4CC4)n3)CC2)cn1. The highest BCUT2D eigenvalue weighted by molar-refractivity contribution is 5.94. The summed E-state index contributed by atoms with van der Waals surface area (Å²) in [5.41, 5.74) is 1.08. The van der Waals surface area contributed by atoms with E-state index in [1.807, 2.05) is 13.8 Å². The molecule has 178 valence electrons. The summed E-state index contributed by atoms with van der Waals surface area (Å²) in [7, 11) is 0. The highest BCUT2D eigenvalue weighted by Crippen LogP contribution is 2.41. The smallest absolute Gasteiger partial charge is 0.321 e. The van der Waals surface area contributed by atoms with E-state index in [2.05, 4.69) is 32.3 Å². The molecule has 34 heavy (non-hydrogen) atoms. The minimum absolute atomic E-state index is 0.133. The number of hydrogen-bond donors (Lipinski definition) is 1. The lowest BCUT2D eigenvalue weighted by Crippen LogP contribution is -2.46. The third kappa shape index (κ3) is 4.38. The first-order valence-electron chi connectivity index (χ1n) is 11.8. The Morgan fingerprint density at radius 3 is 2.56 bits per heavy atom. The van der Waals surface area contributed by atoms with Crippen molar-refractivity contribution in [3.63, 3.8) is 0 Å². The fraction of sp³-hybridized carbons (Fsp3) is 0.480. The minimum Gasteiger partial charge on any atom is -0.339 e. The summed E-state index contributed by atoms with van der Waals surface area (Å²) in [6.45, 7) is 7.17. The van der Waals surface area contributed by atoms with Crippen LogP contribution in [0, 0.1) is 5.82 Å². The molecule has 1 aliphatic heterocycles. The predicted octanol–water partition coefficient (Wildman–Crippen LogP) is 5.25. The van der Waals surface area contributed by atoms with Crippen LogP contribution in [0.3, 0.4) is 0 Å². The number of carbonyl (C=O) groups excluding carboxylic acids is 1. The maximum atomic E-state index is 14.8. The van der Waals surface area contributed by atoms with E-state index < -0.39 is 5.82 Å². The van der Waals surface area contributed by atoms with Crippen molar-refractivity contribution >= 4 is 11.7 Å². The summed E-state index contributed by atoms with van der Waals surface area (Å²) in [5, 5.41) is 7.00. The fourth-order valence-electron chi connectivity index (χ4n) is 4.26. The number of anilines is 1. The number of carbonyl (C=O) groups is 1. The first-order chi connectivity index (χ1) is 16.3. The lowest BCUT2D eigenvalue weighted by molar-refractivity contribution is 0.169. The lowest BCUT2D eigenvalue weighted by Gasteiger charge is -2.37. The average Bonchev–Trinajstić information content (AvgIpc) is 3.56. The molecule has 1 aliphatic carbocycles. The van der Waals surface area contributed by atoms with Crippen LogP contribution >= 0.6 is 0 Å². The second-order valence-electron chi connectivity index (χ2n) is 9.86. The summed E-state index contributed by atoms with van der Waals surface area (Å²) >= 11 is 0. The molecule has 5 rings (SSSR count). The van der Waals surface area contributed by atoms with Gasteiger partial charge >= 0.3 is 6.03 Å². The van der Waals surface area contributed by atoms with Gasteiger partial charge < -0.3 is 14.7 Å². The molecule has 1 saturated heterocycles. The van der Waals surface area contributed by atoms with Crippen LogP contribution in [0.25, 0.3) is 11.1 Å². The monoisotopic (exact) mass is 464 g/mol. The van der Waals surface area contributed by atoms with E-state index >= 15 is 0 Å². The van der Waals surface area contributed by atoms with Crippen molar-refractivity contribution in [3.05, 3.63) is 53.9 Å². The van der Waals surface area contributed by atoms with Crippen molar-refractivity contribution in [2.75, 3.05) is 18.4 Å². The number of likely N-dealkylation sites (tertiary alicyclic amines) is 1. The van der Waals surface area contributed by atoms with Gasteiger partial charge in [-0.2, -0.15) is 4.98 Å². The Kier molecular flexibility index (Phi) is 5.79. The predicted molar refractivity (Wildman–Crippen MR) is 125 cm³/mol. The molecule has 8 nitrogen and oxygen atoms in total. The number of para-hydroxylation sites is 1. The number of halogens is 1. The van der Waals surface area contributed by atoms with Gasteiger partial charge in [0, 0.05) is 53.9 Å². The van der Waals surface area contributed by atoms with Gasteiger partial charge in [0.25, 0.3) is 0 Å². The Bertz CT molecular complexity index is 1180. The Labute approximate surface area is 198 Å². The Balaban J connectivity index is 1.28. The van der Waals surface area contributed by atoms with E-state index in [9.17, 15) is 9.18 Å². The molecule has 9 heteroatoms. The van der Waals surface area contributed by atoms with Gasteiger partial charge in [-0.3, -0.25) is 0 Å². The number of benzene rings is 1. The van der Waals surface area contributed by atoms with E-state index in [-0.39, 0.29) is 23.1 Å². The molecular weight excluding hydrogens is 435 g/mol. The van der Waals surface area contributed by atoms with E-state index in [0.717, 1.165) is 24.6 Å². The van der Waals surface area contributed by atoms with Crippen LogP contribution in [0.4, 0.5) is 14.9 Å². The zero-order chi connectivity index (χ0) is 23.9. The standard InChI is InChI=1S/C25H29FN6O2/c1-15(2)21-27-13-17(14-28-21)18-5-4-6-19(26)20(18)29-24(33)32-11-9-25(3,10-12-32)23-30-22(34-31-23)16-7-8-16/h4-6,13-16H,7-12H2,1-3H3,(H,29,33). The molecule has 3 aromatic rings. The minimum atomic E-state index is -0.500. The molecule has 3 heterocycles. The van der Waals surface area contributed by atoms with Gasteiger partial charge in [-0.15, -0.1) is 0 Å². The summed E-state index contributed by atoms with van der Waals surface area (Å²) < 4.78 is 20.2. The van der Waals surface area contributed by atoms with Crippen LogP contribution in [-0.2, 0) is 5.41 Å². The second-order valence-corrected chi connectivity index (χ2v) is 9.86. The van der Waals surface area contributed by atoms with Gasteiger partial charge in [-0.25, -0.2) is 19.2 Å². The molecule has 0 unspecified atom stereocenters. The number of amides is 2. The van der Waals surface area contributed by atoms with Gasteiger partial charge in [-0.05, 0) is 31.7 Å². The topological polar surface area (TPSA) is 97.0 Å². The highest BCUT2D eigenvalue weighted by atomic mass is 19.1. The molecule has 2 aromatic heterocycles. The van der Waals surface area contributed by atoms with Crippen molar-refractivity contribution in [2.24, 2.45) is 0 Å². The second kappa shape index (κ2) is 8.77. The number of rotatable bonds is 5. The van der Waals surface area contributed by atoms with Crippen LogP contribution in [-0.4, -0.2) is 44.1 Å². The number of nitrogens with zero attached hydrogens (tertiary/aromatic N) is 5. The molecule has 0 radical (unpaired) electrons. The molecule has 0 bridgehead atoms. The Morgan fingerprint density at radius 1 is 1.21 bits per heavy atom. The van der Waals surface area contributed by atoms with E-state index in [4.69, 9.17) is 4.52 Å². The summed E-state index contributed by atoms with van der Waals surface area (Å²) in [6.07, 6.45) is 6.97. The van der Waals surface area contributed by atoms with Crippen LogP contribution in [0.2, 0.25) is 0 Å². The summed E-state index contributed by atoms with van der Waals surface area (Å²) in [6, 6.07) is 4.38. The van der Waals surface area contributed by atoms with Crippen LogP contribution in [0.5, 0.6) is 0 Å². The molecule has 2 amide bonds. The van der Waals surface area contributed by atoms with Gasteiger partial charge in [0.05, 0.1) is 5.69 Å². The van der Waals surface area contributed by atoms with Crippen LogP contribution in [0.15, 0.2) is 35.1 Å². The average molecular weight is 465 g/mol. The Hall–Kier alpha value is -3.36. The van der Waals surface area contributed by atoms with E-state index in [1.165, 1.54) is 6.07 Å². The van der Waals surface area contributed by atoms with Crippen LogP contribution < -0.4 is 5.32 Å². The van der Waals surface area contributed by atoms with Gasteiger partial charge in [0.15, 0.2) is 5.82 Å². The zero-order valence-corrected chi connectivity index (χ0v) is 19.7. The summed E-state index contributed by atoms with van der Waals surface area (Å²) in [4.78, 5) is 28.1. The van der Waals surface area contributed by atoms with Gasteiger partial charge in [0.1, 0.15) is 11.6 Å². The first kappa shape index (κ1) is 22.4. The Morgan fingerprint density at radius 2 is 1.91 bits per heavy atom. The molecule has 1 N–H and O–H groups in total. The van der Waals surface area contributed by atoms with Crippen molar-refractivity contribution < 1.29 is 13.7 Å². The fourth-order valence-corrected chi connectivity index (χ4v) is 4.26. The third-order valence-electron chi connectivity index (χ3n) is 6.81. The molecule has 1 saturated carbocycles. The van der Waals surface area contributed by atoms with Gasteiger partial charge in [0.2, 0.25) is 5.89 Å². The maximum Gasteiger partial charge on any atom is 0.321 e. The molecule has 2 fully saturated rings. The third-order valence-corrected chi connectivity index (χ3v) is 6.81. The molecule has 2 aliphatic rings. The largest absolute Gasteiger partial charge is 0.339 e. The van der Waals surface area contributed by atoms with Crippen LogP contribution in [0.1, 0.15) is 75.8 Å². The maximum absolute atomic E-state index is 14.8. The molecule has 1 aromatic carbocycles.